The molecule has 0 radical (unpaired) electrons. The van der Waals surface area contributed by atoms with E-state index in [1.165, 1.54) is 10.6 Å². The summed E-state index contributed by atoms with van der Waals surface area (Å²) in [5.41, 5.74) is 0. The second kappa shape index (κ2) is 6.29. The molecule has 20 heavy (non-hydrogen) atoms. The van der Waals surface area contributed by atoms with E-state index in [2.05, 4.69) is 74.5 Å². The van der Waals surface area contributed by atoms with Crippen molar-refractivity contribution in [3.8, 4) is 0 Å². The molecule has 0 nitrogen and oxygen atoms in total. The summed E-state index contributed by atoms with van der Waals surface area (Å²) in [6.45, 7) is 4.48. The summed E-state index contributed by atoms with van der Waals surface area (Å²) in [5, 5.41) is 2.69. The zero-order valence-electron chi connectivity index (χ0n) is 12.4. The van der Waals surface area contributed by atoms with Crippen LogP contribution in [0.1, 0.15) is 26.7 Å². The monoisotopic (exact) mass is 306 g/mol. The van der Waals surface area contributed by atoms with Crippen LogP contribution < -0.4 is 10.6 Å². The molecule has 0 saturated carbocycles. The van der Waals surface area contributed by atoms with Crippen LogP contribution in [-0.4, -0.2) is 12.3 Å². The Bertz CT molecular complexity index is 486. The van der Waals surface area contributed by atoms with Crippen molar-refractivity contribution in [1.29, 1.82) is 0 Å². The van der Waals surface area contributed by atoms with E-state index in [1.54, 1.807) is 0 Å². The fourth-order valence-electron chi connectivity index (χ4n) is 3.25. The van der Waals surface area contributed by atoms with Gasteiger partial charge in [0.1, 0.15) is 0 Å². The van der Waals surface area contributed by atoms with E-state index in [9.17, 15) is 0 Å². The Kier molecular flexibility index (Phi) is 4.89. The summed E-state index contributed by atoms with van der Waals surface area (Å²) in [7, 11) is 0. The van der Waals surface area contributed by atoms with Gasteiger partial charge in [-0.3, -0.25) is 0 Å². The van der Waals surface area contributed by atoms with Crippen molar-refractivity contribution in [3.05, 3.63) is 60.7 Å². The van der Waals surface area contributed by atoms with Crippen LogP contribution in [0.25, 0.3) is 0 Å². The van der Waals surface area contributed by atoms with Gasteiger partial charge >= 0.3 is 127 Å². The maximum atomic E-state index is 7.58. The van der Waals surface area contributed by atoms with Gasteiger partial charge in [0.25, 0.3) is 0 Å². The second-order valence-electron chi connectivity index (χ2n) is 5.49. The Morgan fingerprint density at radius 2 is 1.05 bits per heavy atom. The van der Waals surface area contributed by atoms with Gasteiger partial charge in [0.15, 0.2) is 0 Å². The number of rotatable bonds is 6. The van der Waals surface area contributed by atoms with Crippen LogP contribution in [0.5, 0.6) is 0 Å². The Labute approximate surface area is 127 Å². The van der Waals surface area contributed by atoms with Gasteiger partial charge < -0.3 is 0 Å². The first-order chi connectivity index (χ1) is 9.64. The Balaban J connectivity index is 2.70. The van der Waals surface area contributed by atoms with E-state index in [0.717, 1.165) is 25.2 Å². The van der Waals surface area contributed by atoms with Crippen LogP contribution in [-0.2, 0) is 0 Å². The zero-order chi connectivity index (χ0) is 14.5. The first-order valence-corrected chi connectivity index (χ1v) is 11.0. The molecule has 0 amide bonds. The van der Waals surface area contributed by atoms with Crippen molar-refractivity contribution in [2.75, 3.05) is 12.3 Å². The quantitative estimate of drug-likeness (QED) is 0.646. The van der Waals surface area contributed by atoms with Crippen molar-refractivity contribution in [3.63, 3.8) is 0 Å². The molecular weight excluding hydrogens is 283 g/mol. The van der Waals surface area contributed by atoms with Gasteiger partial charge in [-0.2, -0.15) is 0 Å². The van der Waals surface area contributed by atoms with Crippen molar-refractivity contribution >= 4 is 27.8 Å². The van der Waals surface area contributed by atoms with Crippen LogP contribution in [0.2, 0.25) is 0 Å². The number of halogens is 1. The first kappa shape index (κ1) is 15.5. The first-order valence-electron chi connectivity index (χ1n) is 7.48. The van der Waals surface area contributed by atoms with Gasteiger partial charge in [-0.15, -0.1) is 0 Å². The van der Waals surface area contributed by atoms with Crippen LogP contribution in [0.3, 0.4) is 0 Å². The van der Waals surface area contributed by atoms with Crippen molar-refractivity contribution in [2.45, 2.75) is 26.7 Å². The molecule has 0 aromatic heterocycles. The second-order valence-corrected chi connectivity index (χ2v) is 12.6. The molecule has 0 heterocycles. The Hall–Kier alpha value is -0.840. The van der Waals surface area contributed by atoms with Crippen molar-refractivity contribution in [1.82, 2.24) is 0 Å². The van der Waals surface area contributed by atoms with Gasteiger partial charge in [-0.1, -0.05) is 0 Å². The standard InChI is InChI=1S/C18H24ClP/c1-3-15-20(19,16-4-2,17-11-7-5-8-12-17)18-13-9-6-10-14-18/h5-14H,3-4,15-16H2,1-2H3. The molecule has 108 valence electrons. The average Bonchev–Trinajstić information content (AvgIpc) is 2.50. The van der Waals surface area contributed by atoms with E-state index >= 15 is 0 Å². The van der Waals surface area contributed by atoms with Crippen LogP contribution in [0, 0.1) is 0 Å². The van der Waals surface area contributed by atoms with E-state index in [1.807, 2.05) is 0 Å². The van der Waals surface area contributed by atoms with Crippen molar-refractivity contribution < 1.29 is 0 Å². The SMILES string of the molecule is CCCP(Cl)(CCC)(c1ccccc1)c1ccccc1. The molecule has 0 N–H and O–H groups in total. The molecule has 0 unspecified atom stereocenters. The average molecular weight is 307 g/mol. The van der Waals surface area contributed by atoms with Gasteiger partial charge in [-0.25, -0.2) is 0 Å². The predicted octanol–water partition coefficient (Wildman–Crippen LogP) is 5.16. The normalized spacial score (nSPS) is 13.7. The summed E-state index contributed by atoms with van der Waals surface area (Å²) < 4.78 is 0. The third kappa shape index (κ3) is 2.65. The third-order valence-corrected chi connectivity index (χ3v) is 12.0. The number of hydrogen-bond donors (Lipinski definition) is 0. The molecule has 0 fully saturated rings. The number of benzene rings is 2. The number of hydrogen-bond acceptors (Lipinski definition) is 0. The summed E-state index contributed by atoms with van der Waals surface area (Å²) >= 11 is 7.58. The van der Waals surface area contributed by atoms with Crippen LogP contribution >= 0.6 is 17.2 Å². The molecule has 2 heteroatoms. The fourth-order valence-corrected chi connectivity index (χ4v) is 10.1. The van der Waals surface area contributed by atoms with Crippen LogP contribution in [0.15, 0.2) is 60.7 Å². The van der Waals surface area contributed by atoms with E-state index in [4.69, 9.17) is 11.2 Å². The molecule has 0 saturated heterocycles. The van der Waals surface area contributed by atoms with Crippen molar-refractivity contribution in [2.24, 2.45) is 0 Å². The van der Waals surface area contributed by atoms with E-state index < -0.39 is 5.96 Å². The summed E-state index contributed by atoms with van der Waals surface area (Å²) in [5.74, 6) is -2.57. The molecule has 0 aliphatic rings. The van der Waals surface area contributed by atoms with Gasteiger partial charge in [-0.05, 0) is 0 Å². The molecule has 0 aliphatic carbocycles. The van der Waals surface area contributed by atoms with Crippen LogP contribution in [0.4, 0.5) is 0 Å². The third-order valence-electron chi connectivity index (χ3n) is 4.08. The maximum absolute atomic E-state index is 7.58. The molecule has 0 bridgehead atoms. The topological polar surface area (TPSA) is 0 Å². The van der Waals surface area contributed by atoms with E-state index in [0.29, 0.717) is 0 Å². The zero-order valence-corrected chi connectivity index (χ0v) is 14.1. The van der Waals surface area contributed by atoms with E-state index in [-0.39, 0.29) is 0 Å². The molecule has 2 rings (SSSR count). The molecule has 2 aromatic rings. The molecule has 0 atom stereocenters. The molecular formula is C18H24ClP. The summed E-state index contributed by atoms with van der Waals surface area (Å²) in [6.07, 6.45) is 4.39. The molecule has 0 aliphatic heterocycles. The minimum absolute atomic E-state index is 1.08. The summed E-state index contributed by atoms with van der Waals surface area (Å²) in [4.78, 5) is 0. The molecule has 0 spiro atoms. The molecule has 2 aromatic carbocycles. The predicted molar refractivity (Wildman–Crippen MR) is 95.2 cm³/mol. The Morgan fingerprint density at radius 3 is 1.35 bits per heavy atom. The summed E-state index contributed by atoms with van der Waals surface area (Å²) in [6, 6.07) is 21.5. The minimum atomic E-state index is -2.57. The van der Waals surface area contributed by atoms with Gasteiger partial charge in [0.2, 0.25) is 0 Å². The Morgan fingerprint density at radius 1 is 0.700 bits per heavy atom. The fraction of sp³-hybridized carbons (Fsp3) is 0.333. The van der Waals surface area contributed by atoms with Gasteiger partial charge in [0, 0.05) is 0 Å². The van der Waals surface area contributed by atoms with Gasteiger partial charge in [0.05, 0.1) is 0 Å².